The molecule has 3 N–H and O–H groups in total. The summed E-state index contributed by atoms with van der Waals surface area (Å²) in [6.07, 6.45) is 0. The molecule has 0 unspecified atom stereocenters. The van der Waals surface area contributed by atoms with Gasteiger partial charge in [-0.15, -0.1) is 0 Å². The topological polar surface area (TPSA) is 120 Å². The van der Waals surface area contributed by atoms with Crippen LogP contribution in [-0.4, -0.2) is 25.1 Å². The maximum Gasteiger partial charge on any atom is 0.327 e. The second-order valence-corrected chi connectivity index (χ2v) is 3.54. The summed E-state index contributed by atoms with van der Waals surface area (Å²) in [6.45, 7) is 1.74. The van der Waals surface area contributed by atoms with Crippen LogP contribution >= 0.6 is 0 Å². The lowest BCUT2D eigenvalue weighted by Gasteiger charge is -1.83. The fraction of sp³-hybridized carbons (Fsp3) is 0.111. The fourth-order valence-corrected chi connectivity index (χ4v) is 1.53. The van der Waals surface area contributed by atoms with E-state index in [1.807, 2.05) is 0 Å². The molecule has 3 aromatic heterocycles. The summed E-state index contributed by atoms with van der Waals surface area (Å²) < 4.78 is 4.90. The van der Waals surface area contributed by atoms with Crippen molar-refractivity contribution in [2.24, 2.45) is 0 Å². The number of aryl methyl sites for hydroxylation is 1. The van der Waals surface area contributed by atoms with Gasteiger partial charge in [-0.25, -0.2) is 9.78 Å². The van der Waals surface area contributed by atoms with Crippen molar-refractivity contribution in [3.8, 4) is 11.5 Å². The van der Waals surface area contributed by atoms with Crippen molar-refractivity contribution < 1.29 is 4.52 Å². The van der Waals surface area contributed by atoms with Crippen LogP contribution in [0.2, 0.25) is 0 Å². The minimum Gasteiger partial charge on any atom is -0.361 e. The zero-order chi connectivity index (χ0) is 12.0. The predicted molar refractivity (Wildman–Crippen MR) is 57.6 cm³/mol. The molecule has 0 radical (unpaired) electrons. The maximum atomic E-state index is 11.5. The van der Waals surface area contributed by atoms with Crippen molar-refractivity contribution in [2.45, 2.75) is 6.92 Å². The summed E-state index contributed by atoms with van der Waals surface area (Å²) >= 11 is 0. The number of nitrogens with zero attached hydrogens (tertiary/aromatic N) is 2. The summed E-state index contributed by atoms with van der Waals surface area (Å²) in [6, 6.07) is 1.67. The number of hydrogen-bond donors (Lipinski definition) is 3. The molecule has 3 heterocycles. The molecule has 0 spiro atoms. The standard InChI is InChI=1S/C9H7N5O3/c1-3-2-4(14-17-3)6-10-5-7(11-6)12-9(16)13-8(5)15/h2H,1H3,(H3,10,11,12,13,15,16). The molecule has 3 rings (SSSR count). The highest BCUT2D eigenvalue weighted by Gasteiger charge is 2.12. The van der Waals surface area contributed by atoms with E-state index < -0.39 is 11.2 Å². The number of nitrogens with one attached hydrogen (secondary N) is 3. The van der Waals surface area contributed by atoms with Gasteiger partial charge in [-0.1, -0.05) is 5.16 Å². The molecule has 0 aliphatic heterocycles. The number of aromatic amines is 3. The van der Waals surface area contributed by atoms with E-state index in [0.717, 1.165) is 0 Å². The Balaban J connectivity index is 2.30. The van der Waals surface area contributed by atoms with Gasteiger partial charge in [0.2, 0.25) is 0 Å². The van der Waals surface area contributed by atoms with Crippen molar-refractivity contribution in [1.82, 2.24) is 25.1 Å². The van der Waals surface area contributed by atoms with Crippen LogP contribution in [0.4, 0.5) is 0 Å². The van der Waals surface area contributed by atoms with Gasteiger partial charge in [0.25, 0.3) is 5.56 Å². The SMILES string of the molecule is Cc1cc(-c2nc3[nH]c(=O)[nH]c(=O)c3[nH]2)no1. The molecular formula is C9H7N5O3. The Hall–Kier alpha value is -2.64. The van der Waals surface area contributed by atoms with Gasteiger partial charge in [-0.2, -0.15) is 0 Å². The normalized spacial score (nSPS) is 11.1. The first kappa shape index (κ1) is 9.58. The van der Waals surface area contributed by atoms with Gasteiger partial charge in [-0.05, 0) is 6.92 Å². The molecule has 17 heavy (non-hydrogen) atoms. The molecule has 0 bridgehead atoms. The average Bonchev–Trinajstić information content (AvgIpc) is 2.83. The van der Waals surface area contributed by atoms with E-state index in [9.17, 15) is 9.59 Å². The van der Waals surface area contributed by atoms with Crippen LogP contribution in [0.3, 0.4) is 0 Å². The Morgan fingerprint density at radius 1 is 1.24 bits per heavy atom. The lowest BCUT2D eigenvalue weighted by atomic mass is 10.4. The molecule has 0 aliphatic carbocycles. The Morgan fingerprint density at radius 2 is 2.06 bits per heavy atom. The molecule has 8 heteroatoms. The summed E-state index contributed by atoms with van der Waals surface area (Å²) in [4.78, 5) is 33.9. The predicted octanol–water partition coefficient (Wildman–Crippen LogP) is -0.0971. The van der Waals surface area contributed by atoms with Crippen molar-refractivity contribution >= 4 is 11.2 Å². The molecular weight excluding hydrogens is 226 g/mol. The summed E-state index contributed by atoms with van der Waals surface area (Å²) in [5.41, 5.74) is -0.270. The van der Waals surface area contributed by atoms with Crippen LogP contribution in [0.5, 0.6) is 0 Å². The van der Waals surface area contributed by atoms with Crippen molar-refractivity contribution in [2.75, 3.05) is 0 Å². The van der Waals surface area contributed by atoms with Gasteiger partial charge >= 0.3 is 5.69 Å². The quantitative estimate of drug-likeness (QED) is 0.542. The number of aromatic nitrogens is 5. The van der Waals surface area contributed by atoms with Crippen LogP contribution < -0.4 is 11.2 Å². The molecule has 0 saturated heterocycles. The first-order valence-corrected chi connectivity index (χ1v) is 4.79. The highest BCUT2D eigenvalue weighted by molar-refractivity contribution is 5.73. The third-order valence-electron chi connectivity index (χ3n) is 2.26. The Morgan fingerprint density at radius 3 is 2.76 bits per heavy atom. The lowest BCUT2D eigenvalue weighted by molar-refractivity contribution is 0.399. The van der Waals surface area contributed by atoms with Gasteiger partial charge < -0.3 is 9.51 Å². The minimum atomic E-state index is -0.600. The summed E-state index contributed by atoms with van der Waals surface area (Å²) in [5.74, 6) is 0.993. The second-order valence-electron chi connectivity index (χ2n) is 3.54. The van der Waals surface area contributed by atoms with Crippen molar-refractivity contribution in [1.29, 1.82) is 0 Å². The molecule has 0 atom stereocenters. The first-order chi connectivity index (χ1) is 8.13. The molecule has 0 aliphatic rings. The van der Waals surface area contributed by atoms with E-state index in [2.05, 4.69) is 25.1 Å². The maximum absolute atomic E-state index is 11.5. The molecule has 0 fully saturated rings. The number of imidazole rings is 1. The van der Waals surface area contributed by atoms with E-state index >= 15 is 0 Å². The Labute approximate surface area is 92.7 Å². The van der Waals surface area contributed by atoms with Gasteiger partial charge in [0, 0.05) is 6.07 Å². The third kappa shape index (κ3) is 1.46. The Kier molecular flexibility index (Phi) is 1.79. The van der Waals surface area contributed by atoms with Crippen LogP contribution in [0, 0.1) is 6.92 Å². The van der Waals surface area contributed by atoms with Crippen LogP contribution in [0.1, 0.15) is 5.76 Å². The van der Waals surface area contributed by atoms with Gasteiger partial charge in [0.15, 0.2) is 11.5 Å². The molecule has 8 nitrogen and oxygen atoms in total. The van der Waals surface area contributed by atoms with E-state index in [1.165, 1.54) is 0 Å². The highest BCUT2D eigenvalue weighted by atomic mass is 16.5. The third-order valence-corrected chi connectivity index (χ3v) is 2.26. The van der Waals surface area contributed by atoms with Crippen molar-refractivity contribution in [3.05, 3.63) is 32.7 Å². The van der Waals surface area contributed by atoms with Crippen LogP contribution in [0.15, 0.2) is 20.2 Å². The number of hydrogen-bond acceptors (Lipinski definition) is 5. The zero-order valence-electron chi connectivity index (χ0n) is 8.70. The second kappa shape index (κ2) is 3.17. The zero-order valence-corrected chi connectivity index (χ0v) is 8.70. The molecule has 3 aromatic rings. The number of rotatable bonds is 1. The number of fused-ring (bicyclic) bond motifs is 1. The highest BCUT2D eigenvalue weighted by Crippen LogP contribution is 2.16. The van der Waals surface area contributed by atoms with E-state index in [1.54, 1.807) is 13.0 Å². The largest absolute Gasteiger partial charge is 0.361 e. The van der Waals surface area contributed by atoms with E-state index in [4.69, 9.17) is 4.52 Å². The van der Waals surface area contributed by atoms with Crippen LogP contribution in [-0.2, 0) is 0 Å². The summed E-state index contributed by atoms with van der Waals surface area (Å²) in [5, 5.41) is 3.76. The summed E-state index contributed by atoms with van der Waals surface area (Å²) in [7, 11) is 0. The Bertz CT molecular complexity index is 806. The molecule has 0 saturated carbocycles. The van der Waals surface area contributed by atoms with Gasteiger partial charge in [-0.3, -0.25) is 14.8 Å². The van der Waals surface area contributed by atoms with E-state index in [-0.39, 0.29) is 11.2 Å². The number of H-pyrrole nitrogens is 3. The first-order valence-electron chi connectivity index (χ1n) is 4.79. The lowest BCUT2D eigenvalue weighted by Crippen LogP contribution is -2.21. The molecule has 0 aromatic carbocycles. The van der Waals surface area contributed by atoms with Crippen molar-refractivity contribution in [3.63, 3.8) is 0 Å². The molecule has 0 amide bonds. The smallest absolute Gasteiger partial charge is 0.327 e. The fourth-order valence-electron chi connectivity index (χ4n) is 1.53. The molecule has 86 valence electrons. The van der Waals surface area contributed by atoms with E-state index in [0.29, 0.717) is 17.3 Å². The van der Waals surface area contributed by atoms with Gasteiger partial charge in [0.1, 0.15) is 17.0 Å². The minimum absolute atomic E-state index is 0.189. The average molecular weight is 233 g/mol. The van der Waals surface area contributed by atoms with Gasteiger partial charge in [0.05, 0.1) is 0 Å². The monoisotopic (exact) mass is 233 g/mol. The van der Waals surface area contributed by atoms with Crippen LogP contribution in [0.25, 0.3) is 22.7 Å².